The molecule has 4 fully saturated rings. The number of benzene rings is 1. The highest BCUT2D eigenvalue weighted by Gasteiger charge is 2.45. The zero-order chi connectivity index (χ0) is 29.2. The van der Waals surface area contributed by atoms with Crippen LogP contribution in [0.15, 0.2) is 34.2 Å². The summed E-state index contributed by atoms with van der Waals surface area (Å²) in [6, 6.07) is 9.31. The van der Waals surface area contributed by atoms with Gasteiger partial charge in [-0.2, -0.15) is 0 Å². The van der Waals surface area contributed by atoms with Crippen LogP contribution in [0.1, 0.15) is 95.2 Å². The third-order valence-electron chi connectivity index (χ3n) is 10.2. The summed E-state index contributed by atoms with van der Waals surface area (Å²) in [6.07, 6.45) is 13.9. The Morgan fingerprint density at radius 3 is 2.33 bits per heavy atom. The molecule has 6 rings (SSSR count). The summed E-state index contributed by atoms with van der Waals surface area (Å²) < 4.78 is 1.92. The van der Waals surface area contributed by atoms with Crippen LogP contribution < -0.4 is 10.9 Å². The molecule has 226 valence electrons. The molecule has 0 radical (unpaired) electrons. The smallest absolute Gasteiger partial charge is 0.344 e. The Morgan fingerprint density at radius 1 is 0.952 bits per heavy atom. The molecular weight excluding hydrogens is 534 g/mol. The second kappa shape index (κ2) is 12.5. The average Bonchev–Trinajstić information content (AvgIpc) is 2.97. The predicted molar refractivity (Wildman–Crippen MR) is 159 cm³/mol. The molecule has 2 aromatic rings. The number of fused-ring (bicyclic) bond motifs is 5. The van der Waals surface area contributed by atoms with E-state index in [0.717, 1.165) is 30.2 Å². The third kappa shape index (κ3) is 5.96. The van der Waals surface area contributed by atoms with E-state index < -0.39 is 12.6 Å². The Morgan fingerprint density at radius 2 is 1.64 bits per heavy atom. The van der Waals surface area contributed by atoms with Gasteiger partial charge in [-0.3, -0.25) is 14.5 Å². The molecule has 10 heteroatoms. The van der Waals surface area contributed by atoms with Crippen molar-refractivity contribution in [1.29, 1.82) is 0 Å². The maximum absolute atomic E-state index is 14.3. The van der Waals surface area contributed by atoms with Crippen LogP contribution in [-0.4, -0.2) is 68.9 Å². The van der Waals surface area contributed by atoms with E-state index in [-0.39, 0.29) is 41.8 Å². The zero-order valence-electron chi connectivity index (χ0n) is 24.5. The van der Waals surface area contributed by atoms with Crippen molar-refractivity contribution < 1.29 is 19.5 Å². The molecule has 3 heterocycles. The summed E-state index contributed by atoms with van der Waals surface area (Å²) >= 11 is 0. The van der Waals surface area contributed by atoms with Gasteiger partial charge >= 0.3 is 5.97 Å². The molecule has 2 aliphatic carbocycles. The fourth-order valence-corrected chi connectivity index (χ4v) is 8.57. The zero-order valence-corrected chi connectivity index (χ0v) is 24.5. The molecule has 2 unspecified atom stereocenters. The molecule has 2 saturated carbocycles. The maximum atomic E-state index is 14.3. The number of aromatic nitrogens is 2. The lowest BCUT2D eigenvalue weighted by atomic mass is 9.68. The third-order valence-corrected chi connectivity index (χ3v) is 10.2. The molecule has 1 amide bonds. The van der Waals surface area contributed by atoms with Gasteiger partial charge < -0.3 is 19.8 Å². The number of para-hydroxylation sites is 2. The van der Waals surface area contributed by atoms with E-state index in [2.05, 4.69) is 15.4 Å². The van der Waals surface area contributed by atoms with Gasteiger partial charge in [0.2, 0.25) is 12.5 Å². The molecule has 2 aliphatic heterocycles. The normalized spacial score (nSPS) is 29.7. The van der Waals surface area contributed by atoms with Crippen molar-refractivity contribution in [3.05, 3.63) is 40.3 Å². The minimum Gasteiger partial charge on any atom is -0.479 e. The number of piperidine rings is 2. The number of nitrogens with one attached hydrogen (secondary N) is 1. The van der Waals surface area contributed by atoms with Crippen LogP contribution in [0.4, 0.5) is 0 Å². The van der Waals surface area contributed by atoms with Crippen LogP contribution in [-0.2, 0) is 14.4 Å². The molecule has 4 bridgehead atoms. The van der Waals surface area contributed by atoms with Crippen molar-refractivity contribution in [2.75, 3.05) is 13.7 Å². The van der Waals surface area contributed by atoms with E-state index in [4.69, 9.17) is 14.9 Å². The second-order valence-electron chi connectivity index (χ2n) is 12.8. The number of carboxylic acid groups (broad SMARTS) is 1. The number of rotatable bonds is 9. The molecule has 1 aromatic carbocycles. The molecule has 1 aromatic heterocycles. The number of oxime groups is 1. The van der Waals surface area contributed by atoms with Crippen LogP contribution in [0.25, 0.3) is 11.0 Å². The van der Waals surface area contributed by atoms with Crippen LogP contribution in [0.5, 0.6) is 0 Å². The summed E-state index contributed by atoms with van der Waals surface area (Å²) in [5, 5.41) is 15.7. The van der Waals surface area contributed by atoms with E-state index in [9.17, 15) is 14.4 Å². The van der Waals surface area contributed by atoms with Crippen LogP contribution in [0.2, 0.25) is 0 Å². The quantitative estimate of drug-likeness (QED) is 0.337. The van der Waals surface area contributed by atoms with Crippen molar-refractivity contribution in [2.24, 2.45) is 17.0 Å². The Kier molecular flexibility index (Phi) is 8.60. The topological polar surface area (TPSA) is 126 Å². The number of carbonyl (C=O) groups excluding carboxylic acids is 1. The Labute approximate surface area is 246 Å². The highest BCUT2D eigenvalue weighted by atomic mass is 16.6. The van der Waals surface area contributed by atoms with Crippen molar-refractivity contribution >= 4 is 28.6 Å². The first-order chi connectivity index (χ1) is 20.4. The summed E-state index contributed by atoms with van der Waals surface area (Å²) in [7, 11) is 1.55. The van der Waals surface area contributed by atoms with Gasteiger partial charge in [-0.05, 0) is 68.9 Å². The molecule has 42 heavy (non-hydrogen) atoms. The number of hydrogen-bond acceptors (Lipinski definition) is 7. The number of nitrogens with zero attached hydrogens (tertiary/aromatic N) is 4. The lowest BCUT2D eigenvalue weighted by molar-refractivity contribution is -0.142. The lowest BCUT2D eigenvalue weighted by Crippen LogP contribution is -2.58. The number of aliphatic carboxylic acids is 1. The molecule has 2 saturated heterocycles. The van der Waals surface area contributed by atoms with E-state index in [0.29, 0.717) is 23.6 Å². The fourth-order valence-electron chi connectivity index (χ4n) is 8.57. The highest BCUT2D eigenvalue weighted by Crippen LogP contribution is 2.47. The Hall–Kier alpha value is -3.27. The number of hydrogen-bond donors (Lipinski definition) is 2. The van der Waals surface area contributed by atoms with Crippen molar-refractivity contribution in [1.82, 2.24) is 19.8 Å². The van der Waals surface area contributed by atoms with Crippen LogP contribution in [0, 0.1) is 11.8 Å². The summed E-state index contributed by atoms with van der Waals surface area (Å²) in [4.78, 5) is 50.1. The molecular formula is C32H43N5O5. The molecule has 0 spiro atoms. The monoisotopic (exact) mass is 577 g/mol. The lowest BCUT2D eigenvalue weighted by Gasteiger charge is -2.55. The standard InChI is InChI=1S/C32H43N5O5/c1-33-29(38)13-12-27(35-42-19-30(39)40)31-32(41)37(28-11-3-2-10-26(28)34-31)25-17-22-8-5-9-23(18-25)36(22)24-15-20-6-4-7-21(14-20)16-24/h2-3,10-11,20-25H,4-9,12-19H2,1H3,(H,33,38)(H,39,40)/b35-27+/t20-,21+,22-,23+,24?,25?. The molecule has 10 nitrogen and oxygen atoms in total. The summed E-state index contributed by atoms with van der Waals surface area (Å²) in [5.74, 6) is 0.375. The number of carboxylic acids is 1. The Bertz CT molecular complexity index is 1380. The van der Waals surface area contributed by atoms with E-state index in [1.54, 1.807) is 7.05 Å². The van der Waals surface area contributed by atoms with E-state index >= 15 is 0 Å². The first kappa shape index (κ1) is 28.8. The summed E-state index contributed by atoms with van der Waals surface area (Å²) in [5.41, 5.74) is 1.52. The molecule has 4 aliphatic rings. The van der Waals surface area contributed by atoms with Crippen LogP contribution >= 0.6 is 0 Å². The second-order valence-corrected chi connectivity index (χ2v) is 12.8. The van der Waals surface area contributed by atoms with Gasteiger partial charge in [0.25, 0.3) is 5.56 Å². The number of amides is 1. The Balaban J connectivity index is 1.34. The van der Waals surface area contributed by atoms with Gasteiger partial charge in [0.05, 0.1) is 11.0 Å². The van der Waals surface area contributed by atoms with Crippen molar-refractivity contribution in [3.63, 3.8) is 0 Å². The predicted octanol–water partition coefficient (Wildman–Crippen LogP) is 4.25. The summed E-state index contributed by atoms with van der Waals surface area (Å²) in [6.45, 7) is -0.643. The minimum atomic E-state index is -1.17. The maximum Gasteiger partial charge on any atom is 0.344 e. The van der Waals surface area contributed by atoms with Gasteiger partial charge in [-0.1, -0.05) is 43.0 Å². The van der Waals surface area contributed by atoms with Gasteiger partial charge in [-0.25, -0.2) is 9.78 Å². The van der Waals surface area contributed by atoms with Crippen molar-refractivity contribution in [2.45, 2.75) is 108 Å². The van der Waals surface area contributed by atoms with Crippen molar-refractivity contribution in [3.8, 4) is 0 Å². The van der Waals surface area contributed by atoms with Gasteiger partial charge in [-0.15, -0.1) is 0 Å². The van der Waals surface area contributed by atoms with Gasteiger partial charge in [0.1, 0.15) is 5.71 Å². The van der Waals surface area contributed by atoms with Gasteiger partial charge in [0, 0.05) is 44.1 Å². The first-order valence-corrected chi connectivity index (χ1v) is 15.8. The molecule has 6 atom stereocenters. The minimum absolute atomic E-state index is 0.0268. The van der Waals surface area contributed by atoms with Gasteiger partial charge in [0.15, 0.2) is 5.69 Å². The van der Waals surface area contributed by atoms with E-state index in [1.807, 2.05) is 28.8 Å². The first-order valence-electron chi connectivity index (χ1n) is 15.8. The van der Waals surface area contributed by atoms with Crippen LogP contribution in [0.3, 0.4) is 0 Å². The largest absolute Gasteiger partial charge is 0.479 e. The SMILES string of the molecule is CNC(=O)CC/C(=N\OCC(=O)O)c1nc2ccccc2n(C2C[C@H]3CCC[C@@H](C2)N3C2C[C@H]3CCC[C@@H](C2)C3)c1=O. The van der Waals surface area contributed by atoms with E-state index in [1.165, 1.54) is 57.8 Å². The number of carbonyl (C=O) groups is 2. The highest BCUT2D eigenvalue weighted by molar-refractivity contribution is 6.01. The fraction of sp³-hybridized carbons (Fsp3) is 0.656. The molecule has 2 N–H and O–H groups in total. The average molecular weight is 578 g/mol.